The number of methoxy groups -OCH3 is 2. The summed E-state index contributed by atoms with van der Waals surface area (Å²) >= 11 is 7.70. The van der Waals surface area contributed by atoms with Crippen LogP contribution in [0.4, 0.5) is 5.69 Å². The van der Waals surface area contributed by atoms with Crippen molar-refractivity contribution in [2.75, 3.05) is 26.1 Å². The second-order valence-corrected chi connectivity index (χ2v) is 10.6. The van der Waals surface area contributed by atoms with Crippen LogP contribution in [0.1, 0.15) is 31.0 Å². The number of para-hydroxylation sites is 1. The average Bonchev–Trinajstić information content (AvgIpc) is 3.26. The van der Waals surface area contributed by atoms with E-state index in [9.17, 15) is 9.59 Å². The van der Waals surface area contributed by atoms with E-state index in [2.05, 4.69) is 5.32 Å². The monoisotopic (exact) mass is 589 g/mol. The standard InChI is InChI=1S/C31H28ClN3O5S/c1-5-40-24-16-19(15-23(32)28(24)39-4)17-25-30(37)35-27(20-11-13-22(38-3)14-12-20)26(18(2)33-31(35)41-25)29(36)34-21-9-7-6-8-10-21/h6-17,27H,5H2,1-4H3,(H,34,36)/b25-17+/t27-/m1/s1. The van der Waals surface area contributed by atoms with E-state index in [-0.39, 0.29) is 11.5 Å². The fourth-order valence-corrected chi connectivity index (χ4v) is 6.06. The molecule has 0 saturated heterocycles. The van der Waals surface area contributed by atoms with E-state index in [1.54, 1.807) is 36.8 Å². The molecule has 1 aromatic heterocycles. The van der Waals surface area contributed by atoms with Gasteiger partial charge in [-0.25, -0.2) is 4.99 Å². The molecule has 1 N–H and O–H groups in total. The lowest BCUT2D eigenvalue weighted by molar-refractivity contribution is -0.113. The minimum Gasteiger partial charge on any atom is -0.497 e. The Morgan fingerprint density at radius 3 is 2.49 bits per heavy atom. The Morgan fingerprint density at radius 1 is 1.10 bits per heavy atom. The number of hydrogen-bond acceptors (Lipinski definition) is 7. The second kappa shape index (κ2) is 12.0. The Bertz CT molecular complexity index is 1810. The zero-order valence-electron chi connectivity index (χ0n) is 22.9. The van der Waals surface area contributed by atoms with Gasteiger partial charge >= 0.3 is 0 Å². The number of allylic oxidation sites excluding steroid dienone is 1. The zero-order chi connectivity index (χ0) is 29.1. The largest absolute Gasteiger partial charge is 0.497 e. The molecule has 0 spiro atoms. The molecule has 1 amide bonds. The summed E-state index contributed by atoms with van der Waals surface area (Å²) in [5.41, 5.74) is 2.69. The number of anilines is 1. The van der Waals surface area contributed by atoms with E-state index < -0.39 is 6.04 Å². The molecule has 1 aliphatic heterocycles. The Hall–Kier alpha value is -4.34. The molecule has 0 bridgehead atoms. The molecule has 0 unspecified atom stereocenters. The van der Waals surface area contributed by atoms with Gasteiger partial charge in [0, 0.05) is 5.69 Å². The highest BCUT2D eigenvalue weighted by molar-refractivity contribution is 7.07. The van der Waals surface area contributed by atoms with Crippen molar-refractivity contribution in [2.24, 2.45) is 4.99 Å². The molecule has 210 valence electrons. The molecule has 8 nitrogen and oxygen atoms in total. The molecule has 10 heteroatoms. The van der Waals surface area contributed by atoms with E-state index in [0.29, 0.717) is 60.7 Å². The number of amides is 1. The fraction of sp³-hybridized carbons (Fsp3) is 0.194. The summed E-state index contributed by atoms with van der Waals surface area (Å²) in [5, 5.41) is 3.32. The van der Waals surface area contributed by atoms with Gasteiger partial charge in [-0.05, 0) is 67.4 Å². The van der Waals surface area contributed by atoms with Crippen LogP contribution in [-0.4, -0.2) is 31.3 Å². The highest BCUT2D eigenvalue weighted by Crippen LogP contribution is 2.36. The molecule has 0 fully saturated rings. The number of fused-ring (bicyclic) bond motifs is 1. The van der Waals surface area contributed by atoms with Crippen molar-refractivity contribution in [2.45, 2.75) is 19.9 Å². The topological polar surface area (TPSA) is 91.2 Å². The molecule has 5 rings (SSSR count). The predicted octanol–water partition coefficient (Wildman–Crippen LogP) is 4.94. The van der Waals surface area contributed by atoms with E-state index in [0.717, 1.165) is 5.56 Å². The molecule has 4 aromatic rings. The third-order valence-electron chi connectivity index (χ3n) is 6.56. The van der Waals surface area contributed by atoms with Crippen molar-refractivity contribution in [1.82, 2.24) is 4.57 Å². The first-order chi connectivity index (χ1) is 19.8. The molecule has 0 saturated carbocycles. The first kappa shape index (κ1) is 28.2. The summed E-state index contributed by atoms with van der Waals surface area (Å²) in [4.78, 5) is 32.9. The molecular formula is C31H28ClN3O5S. The second-order valence-electron chi connectivity index (χ2n) is 9.14. The highest BCUT2D eigenvalue weighted by Gasteiger charge is 2.32. The number of rotatable bonds is 8. The van der Waals surface area contributed by atoms with Gasteiger partial charge in [0.05, 0.1) is 47.7 Å². The lowest BCUT2D eigenvalue weighted by Gasteiger charge is -2.25. The van der Waals surface area contributed by atoms with Crippen LogP contribution in [-0.2, 0) is 4.79 Å². The van der Waals surface area contributed by atoms with Crippen LogP contribution in [0.15, 0.2) is 87.8 Å². The third-order valence-corrected chi connectivity index (χ3v) is 7.83. The van der Waals surface area contributed by atoms with Crippen molar-refractivity contribution in [3.8, 4) is 17.2 Å². The van der Waals surface area contributed by atoms with E-state index in [1.165, 1.54) is 18.4 Å². The van der Waals surface area contributed by atoms with Gasteiger partial charge in [-0.15, -0.1) is 0 Å². The van der Waals surface area contributed by atoms with Crippen LogP contribution in [0.25, 0.3) is 6.08 Å². The van der Waals surface area contributed by atoms with Gasteiger partial charge in [0.15, 0.2) is 16.3 Å². The van der Waals surface area contributed by atoms with Crippen LogP contribution < -0.4 is 34.4 Å². The third kappa shape index (κ3) is 5.64. The van der Waals surface area contributed by atoms with Gasteiger partial charge in [0.2, 0.25) is 0 Å². The Labute approximate surface area is 245 Å². The SMILES string of the molecule is CCOc1cc(/C=c2/sc3n(c2=O)[C@H](c2ccc(OC)cc2)C(C(=O)Nc2ccccc2)=C(C)N=3)cc(Cl)c1OC. The lowest BCUT2D eigenvalue weighted by atomic mass is 9.95. The van der Waals surface area contributed by atoms with Gasteiger partial charge in [-0.1, -0.05) is 53.3 Å². The quantitative estimate of drug-likeness (QED) is 0.314. The number of hydrogen-bond donors (Lipinski definition) is 1. The summed E-state index contributed by atoms with van der Waals surface area (Å²) < 4.78 is 18.4. The van der Waals surface area contributed by atoms with Crippen molar-refractivity contribution in [1.29, 1.82) is 0 Å². The number of carbonyl (C=O) groups excluding carboxylic acids is 1. The summed E-state index contributed by atoms with van der Waals surface area (Å²) in [7, 11) is 3.11. The fourth-order valence-electron chi connectivity index (χ4n) is 4.72. The van der Waals surface area contributed by atoms with Crippen LogP contribution in [0.5, 0.6) is 17.2 Å². The molecule has 0 aliphatic carbocycles. The smallest absolute Gasteiger partial charge is 0.271 e. The summed E-state index contributed by atoms with van der Waals surface area (Å²) in [6.07, 6.45) is 1.74. The number of ether oxygens (including phenoxy) is 3. The van der Waals surface area contributed by atoms with Gasteiger partial charge in [-0.3, -0.25) is 14.2 Å². The van der Waals surface area contributed by atoms with Crippen LogP contribution in [0, 0.1) is 0 Å². The van der Waals surface area contributed by atoms with E-state index >= 15 is 0 Å². The summed E-state index contributed by atoms with van der Waals surface area (Å²) in [6.45, 7) is 4.07. The van der Waals surface area contributed by atoms with Crippen LogP contribution in [0.3, 0.4) is 0 Å². The van der Waals surface area contributed by atoms with Gasteiger partial charge in [0.25, 0.3) is 11.5 Å². The minimum atomic E-state index is -0.707. The van der Waals surface area contributed by atoms with Crippen molar-refractivity contribution < 1.29 is 19.0 Å². The average molecular weight is 590 g/mol. The summed E-state index contributed by atoms with van der Waals surface area (Å²) in [5.74, 6) is 1.24. The van der Waals surface area contributed by atoms with Crippen molar-refractivity contribution in [3.63, 3.8) is 0 Å². The molecule has 41 heavy (non-hydrogen) atoms. The number of thiazole rings is 1. The predicted molar refractivity (Wildman–Crippen MR) is 161 cm³/mol. The maximum atomic E-state index is 14.0. The highest BCUT2D eigenvalue weighted by atomic mass is 35.5. The van der Waals surface area contributed by atoms with Crippen LogP contribution in [0.2, 0.25) is 5.02 Å². The molecular weight excluding hydrogens is 562 g/mol. The van der Waals surface area contributed by atoms with Gasteiger partial charge in [0.1, 0.15) is 5.75 Å². The number of halogens is 1. The van der Waals surface area contributed by atoms with Gasteiger partial charge in [-0.2, -0.15) is 0 Å². The molecule has 2 heterocycles. The first-order valence-electron chi connectivity index (χ1n) is 12.9. The molecule has 1 aliphatic rings. The summed E-state index contributed by atoms with van der Waals surface area (Å²) in [6, 6.07) is 19.3. The molecule has 1 atom stereocenters. The zero-order valence-corrected chi connectivity index (χ0v) is 24.5. The van der Waals surface area contributed by atoms with Crippen LogP contribution >= 0.6 is 22.9 Å². The van der Waals surface area contributed by atoms with Gasteiger partial charge < -0.3 is 19.5 Å². The maximum absolute atomic E-state index is 14.0. The lowest BCUT2D eigenvalue weighted by Crippen LogP contribution is -2.40. The number of nitrogens with zero attached hydrogens (tertiary/aromatic N) is 2. The van der Waals surface area contributed by atoms with Crippen molar-refractivity contribution >= 4 is 40.6 Å². The Morgan fingerprint density at radius 2 is 1.83 bits per heavy atom. The molecule has 3 aromatic carbocycles. The number of carbonyl (C=O) groups is 1. The number of aromatic nitrogens is 1. The Kier molecular flexibility index (Phi) is 8.28. The van der Waals surface area contributed by atoms with Crippen molar-refractivity contribution in [3.05, 3.63) is 114 Å². The minimum absolute atomic E-state index is 0.281. The number of benzene rings is 3. The first-order valence-corrected chi connectivity index (χ1v) is 14.1. The maximum Gasteiger partial charge on any atom is 0.271 e. The Balaban J connectivity index is 1.66. The normalized spacial score (nSPS) is 14.8. The molecule has 0 radical (unpaired) electrons. The number of nitrogens with one attached hydrogen (secondary N) is 1. The van der Waals surface area contributed by atoms with E-state index in [1.807, 2.05) is 61.5 Å². The van der Waals surface area contributed by atoms with E-state index in [4.69, 9.17) is 30.8 Å².